The van der Waals surface area contributed by atoms with Gasteiger partial charge < -0.3 is 19.9 Å². The van der Waals surface area contributed by atoms with Crippen LogP contribution in [0.5, 0.6) is 23.3 Å². The highest BCUT2D eigenvalue weighted by molar-refractivity contribution is 6.10. The van der Waals surface area contributed by atoms with Crippen molar-refractivity contribution in [2.45, 2.75) is 12.4 Å². The number of carbonyl (C=O) groups excluding carboxylic acids is 1. The van der Waals surface area contributed by atoms with Crippen molar-refractivity contribution in [3.8, 4) is 23.3 Å². The van der Waals surface area contributed by atoms with Crippen LogP contribution >= 0.6 is 0 Å². The number of carboxylic acids is 1. The van der Waals surface area contributed by atoms with Gasteiger partial charge in [0.1, 0.15) is 17.2 Å². The van der Waals surface area contributed by atoms with Crippen molar-refractivity contribution in [1.82, 2.24) is 9.97 Å². The minimum absolute atomic E-state index is 0.223. The molecule has 0 aliphatic carbocycles. The molecule has 0 saturated carbocycles. The van der Waals surface area contributed by atoms with Gasteiger partial charge in [-0.15, -0.1) is 0 Å². The largest absolute Gasteiger partial charge is 0.478 e. The van der Waals surface area contributed by atoms with Gasteiger partial charge in [-0.2, -0.15) is 31.3 Å². The van der Waals surface area contributed by atoms with Gasteiger partial charge in [-0.05, 0) is 48.5 Å². The van der Waals surface area contributed by atoms with Crippen LogP contribution in [-0.4, -0.2) is 27.0 Å². The van der Waals surface area contributed by atoms with Gasteiger partial charge in [0.25, 0.3) is 5.91 Å². The number of halogens is 6. The monoisotopic (exact) mass is 563 g/mol. The van der Waals surface area contributed by atoms with Gasteiger partial charge in [-0.1, -0.05) is 12.1 Å². The number of benzene rings is 2. The van der Waals surface area contributed by atoms with E-state index in [1.165, 1.54) is 12.1 Å². The fraction of sp³-hybridized carbons (Fsp3) is 0.0769. The summed E-state index contributed by atoms with van der Waals surface area (Å²) < 4.78 is 89.7. The first-order valence-electron chi connectivity index (χ1n) is 11.0. The Morgan fingerprint density at radius 3 is 1.95 bits per heavy atom. The standard InChI is InChI=1S/C26H15F6N3O5/c27-25(28,29)14-3-1-5-16(11-14)39-21-8-7-20(34-22(36)19-13-33-10-9-18(19)24(37)38)23(35-21)40-17-6-2-4-15(12-17)26(30,31)32/h1-13H,(H,34,36)(H,37,38). The number of alkyl halides is 6. The normalized spacial score (nSPS) is 11.6. The molecule has 0 unspecified atom stereocenters. The molecule has 0 aliphatic rings. The van der Waals surface area contributed by atoms with E-state index in [1.54, 1.807) is 0 Å². The zero-order chi connectivity index (χ0) is 29.1. The average molecular weight is 563 g/mol. The molecular weight excluding hydrogens is 548 g/mol. The second-order valence-corrected chi connectivity index (χ2v) is 7.94. The van der Waals surface area contributed by atoms with E-state index < -0.39 is 41.2 Å². The first kappa shape index (κ1) is 27.9. The summed E-state index contributed by atoms with van der Waals surface area (Å²) in [6.07, 6.45) is -7.21. The van der Waals surface area contributed by atoms with Crippen LogP contribution in [0.25, 0.3) is 0 Å². The van der Waals surface area contributed by atoms with Crippen molar-refractivity contribution in [3.63, 3.8) is 0 Å². The number of hydrogen-bond donors (Lipinski definition) is 2. The summed E-state index contributed by atoms with van der Waals surface area (Å²) in [5, 5.41) is 11.7. The number of aromatic carboxylic acids is 1. The van der Waals surface area contributed by atoms with Crippen LogP contribution in [0.3, 0.4) is 0 Å². The number of rotatable bonds is 7. The summed E-state index contributed by atoms with van der Waals surface area (Å²) in [6.45, 7) is 0. The Morgan fingerprint density at radius 2 is 1.38 bits per heavy atom. The number of carboxylic acid groups (broad SMARTS) is 1. The van der Waals surface area contributed by atoms with E-state index in [4.69, 9.17) is 9.47 Å². The molecule has 4 rings (SSSR count). The first-order chi connectivity index (χ1) is 18.8. The predicted octanol–water partition coefficient (Wildman–Crippen LogP) is 7.05. The third kappa shape index (κ3) is 6.64. The summed E-state index contributed by atoms with van der Waals surface area (Å²) in [5.41, 5.74) is -3.00. The van der Waals surface area contributed by atoms with Crippen LogP contribution in [-0.2, 0) is 12.4 Å². The third-order valence-corrected chi connectivity index (χ3v) is 5.14. The van der Waals surface area contributed by atoms with Crippen molar-refractivity contribution >= 4 is 17.6 Å². The van der Waals surface area contributed by atoms with E-state index in [0.29, 0.717) is 12.1 Å². The summed E-state index contributed by atoms with van der Waals surface area (Å²) in [4.78, 5) is 32.1. The number of aromatic nitrogens is 2. The van der Waals surface area contributed by atoms with Crippen LogP contribution < -0.4 is 14.8 Å². The number of nitrogens with zero attached hydrogens (tertiary/aromatic N) is 2. The molecule has 2 aromatic carbocycles. The van der Waals surface area contributed by atoms with Gasteiger partial charge in [-0.3, -0.25) is 9.78 Å². The van der Waals surface area contributed by atoms with Crippen molar-refractivity contribution in [3.05, 3.63) is 101 Å². The van der Waals surface area contributed by atoms with Crippen LogP contribution in [0.15, 0.2) is 79.1 Å². The van der Waals surface area contributed by atoms with Gasteiger partial charge in [0.2, 0.25) is 11.8 Å². The Kier molecular flexibility index (Phi) is 7.61. The van der Waals surface area contributed by atoms with E-state index in [1.807, 2.05) is 0 Å². The van der Waals surface area contributed by atoms with Gasteiger partial charge in [0.15, 0.2) is 0 Å². The molecule has 0 fully saturated rings. The summed E-state index contributed by atoms with van der Waals surface area (Å²) >= 11 is 0. The molecule has 4 aromatic rings. The van der Waals surface area contributed by atoms with Gasteiger partial charge in [0.05, 0.1) is 22.3 Å². The maximum atomic E-state index is 13.2. The van der Waals surface area contributed by atoms with Crippen LogP contribution in [0.4, 0.5) is 32.0 Å². The SMILES string of the molecule is O=C(O)c1ccncc1C(=O)Nc1ccc(Oc2cccc(C(F)(F)F)c2)nc1Oc1cccc(C(F)(F)F)c1. The predicted molar refractivity (Wildman–Crippen MR) is 126 cm³/mol. The average Bonchev–Trinajstić information content (AvgIpc) is 2.89. The quantitative estimate of drug-likeness (QED) is 0.232. The molecule has 40 heavy (non-hydrogen) atoms. The number of carbonyl (C=O) groups is 2. The number of pyridine rings is 2. The molecule has 0 atom stereocenters. The molecule has 0 spiro atoms. The number of anilines is 1. The molecule has 2 N–H and O–H groups in total. The second-order valence-electron chi connectivity index (χ2n) is 7.94. The minimum atomic E-state index is -4.70. The van der Waals surface area contributed by atoms with Gasteiger partial charge in [0, 0.05) is 18.5 Å². The van der Waals surface area contributed by atoms with E-state index in [-0.39, 0.29) is 34.2 Å². The van der Waals surface area contributed by atoms with Gasteiger partial charge in [-0.25, -0.2) is 4.79 Å². The molecule has 14 heteroatoms. The molecule has 206 valence electrons. The molecule has 2 heterocycles. The van der Waals surface area contributed by atoms with Crippen molar-refractivity contribution in [2.75, 3.05) is 5.32 Å². The zero-order valence-electron chi connectivity index (χ0n) is 19.7. The van der Waals surface area contributed by atoms with E-state index in [9.17, 15) is 41.0 Å². The minimum Gasteiger partial charge on any atom is -0.478 e. The Morgan fingerprint density at radius 1 is 0.775 bits per heavy atom. The number of amides is 1. The molecule has 0 bridgehead atoms. The Labute approximate surface area is 220 Å². The highest BCUT2D eigenvalue weighted by Crippen LogP contribution is 2.36. The lowest BCUT2D eigenvalue weighted by Crippen LogP contribution is -2.17. The first-order valence-corrected chi connectivity index (χ1v) is 11.0. The molecular formula is C26H15F6N3O5. The number of nitrogens with one attached hydrogen (secondary N) is 1. The molecule has 0 radical (unpaired) electrons. The summed E-state index contributed by atoms with van der Waals surface area (Å²) in [6, 6.07) is 10.9. The topological polar surface area (TPSA) is 111 Å². The fourth-order valence-corrected chi connectivity index (χ4v) is 3.31. The van der Waals surface area contributed by atoms with Crippen molar-refractivity contribution < 1.29 is 50.5 Å². The zero-order valence-corrected chi connectivity index (χ0v) is 19.7. The maximum Gasteiger partial charge on any atom is 0.416 e. The Balaban J connectivity index is 1.71. The highest BCUT2D eigenvalue weighted by atomic mass is 19.4. The van der Waals surface area contributed by atoms with Crippen LogP contribution in [0, 0.1) is 0 Å². The van der Waals surface area contributed by atoms with E-state index in [0.717, 1.165) is 54.9 Å². The lowest BCUT2D eigenvalue weighted by Gasteiger charge is -2.15. The van der Waals surface area contributed by atoms with E-state index in [2.05, 4.69) is 15.3 Å². The van der Waals surface area contributed by atoms with Crippen molar-refractivity contribution in [1.29, 1.82) is 0 Å². The smallest absolute Gasteiger partial charge is 0.416 e. The van der Waals surface area contributed by atoms with Crippen molar-refractivity contribution in [2.24, 2.45) is 0 Å². The molecule has 0 saturated heterocycles. The lowest BCUT2D eigenvalue weighted by molar-refractivity contribution is -0.138. The maximum absolute atomic E-state index is 13.2. The van der Waals surface area contributed by atoms with E-state index >= 15 is 0 Å². The Hall–Kier alpha value is -5.14. The van der Waals surface area contributed by atoms with Crippen LogP contribution in [0.2, 0.25) is 0 Å². The second kappa shape index (κ2) is 10.9. The molecule has 8 nitrogen and oxygen atoms in total. The third-order valence-electron chi connectivity index (χ3n) is 5.14. The number of ether oxygens (including phenoxy) is 2. The lowest BCUT2D eigenvalue weighted by atomic mass is 10.1. The van der Waals surface area contributed by atoms with Gasteiger partial charge >= 0.3 is 18.3 Å². The fourth-order valence-electron chi connectivity index (χ4n) is 3.31. The summed E-state index contributed by atoms with van der Waals surface area (Å²) in [5.74, 6) is -3.82. The Bertz CT molecular complexity index is 1570. The van der Waals surface area contributed by atoms with Crippen LogP contribution in [0.1, 0.15) is 31.8 Å². The molecule has 1 amide bonds. The number of hydrogen-bond acceptors (Lipinski definition) is 6. The molecule has 2 aromatic heterocycles. The highest BCUT2D eigenvalue weighted by Gasteiger charge is 2.32. The summed E-state index contributed by atoms with van der Waals surface area (Å²) in [7, 11) is 0. The molecule has 0 aliphatic heterocycles.